The Bertz CT molecular complexity index is 336. The Morgan fingerprint density at radius 3 is 2.79 bits per heavy atom. The van der Waals surface area contributed by atoms with Crippen molar-refractivity contribution in [2.45, 2.75) is 25.3 Å². The lowest BCUT2D eigenvalue weighted by Gasteiger charge is -2.12. The van der Waals surface area contributed by atoms with Crippen molar-refractivity contribution in [3.05, 3.63) is 31.8 Å². The van der Waals surface area contributed by atoms with Crippen molar-refractivity contribution in [3.63, 3.8) is 0 Å². The van der Waals surface area contributed by atoms with Crippen LogP contribution in [0.1, 0.15) is 30.9 Å². The van der Waals surface area contributed by atoms with Crippen molar-refractivity contribution in [2.75, 3.05) is 0 Å². The van der Waals surface area contributed by atoms with Crippen LogP contribution >= 0.6 is 38.5 Å². The first-order chi connectivity index (χ1) is 6.66. The Hall–Kier alpha value is 0.390. The predicted octanol–water partition coefficient (Wildman–Crippen LogP) is 3.85. The molecule has 0 aliphatic heterocycles. The van der Waals surface area contributed by atoms with Gasteiger partial charge < -0.3 is 5.73 Å². The molecule has 14 heavy (non-hydrogen) atoms. The van der Waals surface area contributed by atoms with Gasteiger partial charge >= 0.3 is 0 Å². The molecule has 1 fully saturated rings. The first kappa shape index (κ1) is 10.9. The first-order valence-electron chi connectivity index (χ1n) is 4.87. The van der Waals surface area contributed by atoms with Crippen LogP contribution in [-0.2, 0) is 0 Å². The van der Waals surface area contributed by atoms with E-state index < -0.39 is 0 Å². The molecule has 2 rings (SSSR count). The van der Waals surface area contributed by atoms with Gasteiger partial charge in [-0.25, -0.2) is 0 Å². The van der Waals surface area contributed by atoms with E-state index in [0.717, 1.165) is 16.8 Å². The van der Waals surface area contributed by atoms with Crippen LogP contribution in [-0.4, -0.2) is 0 Å². The number of rotatable bonds is 3. The minimum absolute atomic E-state index is 0.218. The maximum absolute atomic E-state index is 6.13. The quantitative estimate of drug-likeness (QED) is 0.809. The van der Waals surface area contributed by atoms with Crippen LogP contribution in [0.4, 0.5) is 0 Å². The van der Waals surface area contributed by atoms with E-state index in [9.17, 15) is 0 Å². The van der Waals surface area contributed by atoms with Crippen molar-refractivity contribution in [1.29, 1.82) is 0 Å². The van der Waals surface area contributed by atoms with Crippen LogP contribution in [0, 0.1) is 9.49 Å². The average molecular weight is 366 g/mol. The normalized spacial score (nSPS) is 18.2. The summed E-state index contributed by atoms with van der Waals surface area (Å²) in [5.74, 6) is 0.892. The second-order valence-electron chi connectivity index (χ2n) is 3.96. The van der Waals surface area contributed by atoms with Gasteiger partial charge in [-0.05, 0) is 68.6 Å². The molecule has 2 N–H and O–H groups in total. The zero-order valence-corrected chi connectivity index (χ0v) is 11.6. The second kappa shape index (κ2) is 4.49. The van der Waals surface area contributed by atoms with Crippen molar-refractivity contribution >= 4 is 38.5 Å². The van der Waals surface area contributed by atoms with E-state index in [1.54, 1.807) is 0 Å². The SMILES string of the molecule is N[C@@H](CC1CC1)c1ccc(I)c(Br)c1. The molecule has 0 heterocycles. The number of nitrogens with two attached hydrogens (primary N) is 1. The molecule has 76 valence electrons. The molecule has 1 aromatic rings. The molecule has 0 saturated heterocycles. The van der Waals surface area contributed by atoms with Gasteiger partial charge in [0.15, 0.2) is 0 Å². The number of hydrogen-bond acceptors (Lipinski definition) is 1. The van der Waals surface area contributed by atoms with Gasteiger partial charge in [-0.3, -0.25) is 0 Å². The molecule has 3 heteroatoms. The first-order valence-corrected chi connectivity index (χ1v) is 6.74. The molecule has 1 aliphatic carbocycles. The highest BCUT2D eigenvalue weighted by Crippen LogP contribution is 2.37. The molecule has 1 aromatic carbocycles. The Balaban J connectivity index is 2.10. The van der Waals surface area contributed by atoms with Crippen LogP contribution in [0.3, 0.4) is 0 Å². The van der Waals surface area contributed by atoms with Crippen LogP contribution in [0.15, 0.2) is 22.7 Å². The van der Waals surface area contributed by atoms with Crippen molar-refractivity contribution < 1.29 is 0 Å². The number of hydrogen-bond donors (Lipinski definition) is 1. The third-order valence-corrected chi connectivity index (χ3v) is 4.99. The highest BCUT2D eigenvalue weighted by atomic mass is 127. The molecule has 0 bridgehead atoms. The summed E-state index contributed by atoms with van der Waals surface area (Å²) >= 11 is 5.85. The molecule has 1 atom stereocenters. The fourth-order valence-corrected chi connectivity index (χ4v) is 2.32. The lowest BCUT2D eigenvalue weighted by Crippen LogP contribution is -2.10. The van der Waals surface area contributed by atoms with E-state index in [4.69, 9.17) is 5.73 Å². The number of benzene rings is 1. The summed E-state index contributed by atoms with van der Waals surface area (Å²) in [4.78, 5) is 0. The highest BCUT2D eigenvalue weighted by molar-refractivity contribution is 14.1. The van der Waals surface area contributed by atoms with Gasteiger partial charge in [0.05, 0.1) is 0 Å². The summed E-state index contributed by atoms with van der Waals surface area (Å²) in [6.07, 6.45) is 3.89. The summed E-state index contributed by atoms with van der Waals surface area (Å²) in [7, 11) is 0. The molecule has 1 nitrogen and oxygen atoms in total. The minimum Gasteiger partial charge on any atom is -0.324 e. The summed E-state index contributed by atoms with van der Waals surface area (Å²) in [5.41, 5.74) is 7.39. The monoisotopic (exact) mass is 365 g/mol. The van der Waals surface area contributed by atoms with E-state index in [1.165, 1.54) is 22.0 Å². The van der Waals surface area contributed by atoms with Crippen molar-refractivity contribution in [3.8, 4) is 0 Å². The smallest absolute Gasteiger partial charge is 0.0312 e. The van der Waals surface area contributed by atoms with Crippen molar-refractivity contribution in [2.24, 2.45) is 11.7 Å². The third-order valence-electron chi connectivity index (χ3n) is 2.66. The van der Waals surface area contributed by atoms with E-state index in [-0.39, 0.29) is 6.04 Å². The molecule has 0 spiro atoms. The fraction of sp³-hybridized carbons (Fsp3) is 0.455. The van der Waals surface area contributed by atoms with Crippen LogP contribution in [0.25, 0.3) is 0 Å². The van der Waals surface area contributed by atoms with E-state index in [0.29, 0.717) is 0 Å². The molecule has 1 aliphatic rings. The third kappa shape index (κ3) is 2.70. The molecular formula is C11H13BrIN. The highest BCUT2D eigenvalue weighted by Gasteiger charge is 2.24. The van der Waals surface area contributed by atoms with Gasteiger partial charge in [0.2, 0.25) is 0 Å². The molecule has 0 aromatic heterocycles. The van der Waals surface area contributed by atoms with Gasteiger partial charge in [0.1, 0.15) is 0 Å². The van der Waals surface area contributed by atoms with Crippen LogP contribution in [0.5, 0.6) is 0 Å². The predicted molar refractivity (Wildman–Crippen MR) is 71.1 cm³/mol. The minimum atomic E-state index is 0.218. The lowest BCUT2D eigenvalue weighted by molar-refractivity contribution is 0.597. The molecule has 1 saturated carbocycles. The summed E-state index contributed by atoms with van der Waals surface area (Å²) in [5, 5.41) is 0. The molecular weight excluding hydrogens is 353 g/mol. The largest absolute Gasteiger partial charge is 0.324 e. The van der Waals surface area contributed by atoms with Crippen molar-refractivity contribution in [1.82, 2.24) is 0 Å². The Labute approximate surface area is 107 Å². The maximum Gasteiger partial charge on any atom is 0.0312 e. The maximum atomic E-state index is 6.13. The summed E-state index contributed by atoms with van der Waals surface area (Å²) < 4.78 is 2.40. The second-order valence-corrected chi connectivity index (χ2v) is 5.98. The summed E-state index contributed by atoms with van der Waals surface area (Å²) in [6.45, 7) is 0. The fourth-order valence-electron chi connectivity index (χ4n) is 1.59. The van der Waals surface area contributed by atoms with Gasteiger partial charge in [-0.2, -0.15) is 0 Å². The molecule has 0 radical (unpaired) electrons. The number of halogens is 2. The zero-order valence-electron chi connectivity index (χ0n) is 7.84. The van der Waals surface area contributed by atoms with E-state index in [2.05, 4.69) is 56.7 Å². The standard InChI is InChI=1S/C11H13BrIN/c12-9-6-8(3-4-10(9)13)11(14)5-7-1-2-7/h3-4,6-7,11H,1-2,5,14H2/t11-/m0/s1. The Kier molecular flexibility index (Phi) is 3.50. The van der Waals surface area contributed by atoms with E-state index >= 15 is 0 Å². The lowest BCUT2D eigenvalue weighted by atomic mass is 10.0. The Morgan fingerprint density at radius 1 is 1.50 bits per heavy atom. The summed E-state index contributed by atoms with van der Waals surface area (Å²) in [6, 6.07) is 6.62. The van der Waals surface area contributed by atoms with Gasteiger partial charge in [-0.15, -0.1) is 0 Å². The van der Waals surface area contributed by atoms with Gasteiger partial charge in [-0.1, -0.05) is 18.9 Å². The molecule has 0 amide bonds. The van der Waals surface area contributed by atoms with Gasteiger partial charge in [0.25, 0.3) is 0 Å². The van der Waals surface area contributed by atoms with Crippen LogP contribution < -0.4 is 5.73 Å². The topological polar surface area (TPSA) is 26.0 Å². The average Bonchev–Trinajstić information content (AvgIpc) is 2.93. The van der Waals surface area contributed by atoms with E-state index in [1.807, 2.05) is 0 Å². The Morgan fingerprint density at radius 2 is 2.21 bits per heavy atom. The van der Waals surface area contributed by atoms with Crippen LogP contribution in [0.2, 0.25) is 0 Å². The molecule has 0 unspecified atom stereocenters. The zero-order chi connectivity index (χ0) is 10.1. The van der Waals surface area contributed by atoms with Gasteiger partial charge in [0, 0.05) is 14.1 Å².